The van der Waals surface area contributed by atoms with Gasteiger partial charge < -0.3 is 13.9 Å². The van der Waals surface area contributed by atoms with Crippen molar-refractivity contribution in [3.63, 3.8) is 0 Å². The lowest BCUT2D eigenvalue weighted by Gasteiger charge is -2.06. The van der Waals surface area contributed by atoms with Crippen LogP contribution in [0.2, 0.25) is 0 Å². The number of carbonyl (C=O) groups is 1. The van der Waals surface area contributed by atoms with Gasteiger partial charge in [0, 0.05) is 12.2 Å². The van der Waals surface area contributed by atoms with Gasteiger partial charge in [0.25, 0.3) is 0 Å². The molecule has 0 aromatic carbocycles. The minimum atomic E-state index is -0.301. The van der Waals surface area contributed by atoms with Crippen LogP contribution in [0, 0.1) is 0 Å². The number of furan rings is 1. The number of rotatable bonds is 5. The zero-order valence-electron chi connectivity index (χ0n) is 10.6. The summed E-state index contributed by atoms with van der Waals surface area (Å²) < 4.78 is 15.7. The largest absolute Gasteiger partial charge is 0.466 e. The highest BCUT2D eigenvalue weighted by atomic mass is 16.5. The van der Waals surface area contributed by atoms with E-state index in [1.807, 2.05) is 6.08 Å². The highest BCUT2D eigenvalue weighted by Crippen LogP contribution is 2.16. The summed E-state index contributed by atoms with van der Waals surface area (Å²) in [4.78, 5) is 11.7. The second-order valence-corrected chi connectivity index (χ2v) is 4.41. The van der Waals surface area contributed by atoms with E-state index in [9.17, 15) is 4.79 Å². The van der Waals surface area contributed by atoms with Crippen molar-refractivity contribution in [3.8, 4) is 0 Å². The summed E-state index contributed by atoms with van der Waals surface area (Å²) >= 11 is 0. The molecule has 0 bridgehead atoms. The van der Waals surface area contributed by atoms with Crippen LogP contribution in [0.4, 0.5) is 0 Å². The number of hydrogen-bond acceptors (Lipinski definition) is 4. The Morgan fingerprint density at radius 2 is 2.50 bits per heavy atom. The Hall–Kier alpha value is -1.55. The highest BCUT2D eigenvalue weighted by molar-refractivity contribution is 5.87. The van der Waals surface area contributed by atoms with Gasteiger partial charge in [0.1, 0.15) is 12.4 Å². The van der Waals surface area contributed by atoms with E-state index in [2.05, 4.69) is 0 Å². The Balaban J connectivity index is 1.75. The molecule has 1 fully saturated rings. The molecule has 2 heterocycles. The van der Waals surface area contributed by atoms with Gasteiger partial charge in [-0.15, -0.1) is 0 Å². The fraction of sp³-hybridized carbons (Fsp3) is 0.500. The van der Waals surface area contributed by atoms with Gasteiger partial charge in [-0.2, -0.15) is 0 Å². The van der Waals surface area contributed by atoms with E-state index in [4.69, 9.17) is 13.9 Å². The van der Waals surface area contributed by atoms with Gasteiger partial charge in [0.05, 0.1) is 12.4 Å². The first-order chi connectivity index (χ1) is 8.75. The van der Waals surface area contributed by atoms with Gasteiger partial charge >= 0.3 is 5.97 Å². The van der Waals surface area contributed by atoms with Crippen molar-refractivity contribution in [2.24, 2.45) is 0 Å². The van der Waals surface area contributed by atoms with Gasteiger partial charge in [0.15, 0.2) is 0 Å². The summed E-state index contributed by atoms with van der Waals surface area (Å²) in [5, 5.41) is 0. The summed E-state index contributed by atoms with van der Waals surface area (Å²) in [5.41, 5.74) is 0.622. The van der Waals surface area contributed by atoms with Crippen molar-refractivity contribution in [2.45, 2.75) is 38.9 Å². The first-order valence-corrected chi connectivity index (χ1v) is 6.23. The van der Waals surface area contributed by atoms with Gasteiger partial charge in [-0.05, 0) is 38.3 Å². The summed E-state index contributed by atoms with van der Waals surface area (Å²) in [6, 6.07) is 3.54. The first-order valence-electron chi connectivity index (χ1n) is 6.23. The van der Waals surface area contributed by atoms with E-state index in [0.29, 0.717) is 11.3 Å². The van der Waals surface area contributed by atoms with E-state index >= 15 is 0 Å². The van der Waals surface area contributed by atoms with E-state index in [0.717, 1.165) is 25.9 Å². The molecule has 0 spiro atoms. The van der Waals surface area contributed by atoms with Crippen LogP contribution in [0.15, 0.2) is 34.5 Å². The average Bonchev–Trinajstić information content (AvgIpc) is 3.05. The number of ether oxygens (including phenoxy) is 2. The second kappa shape index (κ2) is 6.40. The van der Waals surface area contributed by atoms with Gasteiger partial charge in [0.2, 0.25) is 0 Å². The molecular formula is C14H18O4. The smallest absolute Gasteiger partial charge is 0.333 e. The third-order valence-corrected chi connectivity index (χ3v) is 2.96. The lowest BCUT2D eigenvalue weighted by molar-refractivity contribution is -0.140. The lowest BCUT2D eigenvalue weighted by Crippen LogP contribution is -2.08. The van der Waals surface area contributed by atoms with Crippen molar-refractivity contribution >= 4 is 5.97 Å². The maximum absolute atomic E-state index is 11.7. The lowest BCUT2D eigenvalue weighted by atomic mass is 10.1. The zero-order valence-corrected chi connectivity index (χ0v) is 10.6. The van der Waals surface area contributed by atoms with Gasteiger partial charge in [-0.1, -0.05) is 6.08 Å². The summed E-state index contributed by atoms with van der Waals surface area (Å²) in [6.45, 7) is 2.77. The van der Waals surface area contributed by atoms with Crippen molar-refractivity contribution in [1.29, 1.82) is 0 Å². The molecule has 1 unspecified atom stereocenters. The molecule has 0 N–H and O–H groups in total. The molecule has 0 radical (unpaired) electrons. The predicted octanol–water partition coefficient (Wildman–Crippen LogP) is 2.84. The third kappa shape index (κ3) is 3.74. The van der Waals surface area contributed by atoms with Crippen molar-refractivity contribution < 1.29 is 18.7 Å². The van der Waals surface area contributed by atoms with Crippen LogP contribution in [0.1, 0.15) is 31.9 Å². The minimum Gasteiger partial charge on any atom is -0.466 e. The first kappa shape index (κ1) is 12.9. The summed E-state index contributed by atoms with van der Waals surface area (Å²) in [6.07, 6.45) is 6.68. The number of esters is 1. The molecule has 0 amide bonds. The zero-order chi connectivity index (χ0) is 12.8. The van der Waals surface area contributed by atoms with Crippen LogP contribution < -0.4 is 0 Å². The van der Waals surface area contributed by atoms with Crippen molar-refractivity contribution in [3.05, 3.63) is 35.8 Å². The molecule has 1 aliphatic rings. The van der Waals surface area contributed by atoms with Crippen LogP contribution in [0.25, 0.3) is 0 Å². The maximum Gasteiger partial charge on any atom is 0.333 e. The molecule has 4 nitrogen and oxygen atoms in total. The summed E-state index contributed by atoms with van der Waals surface area (Å²) in [7, 11) is 0. The Morgan fingerprint density at radius 3 is 3.17 bits per heavy atom. The molecule has 1 aliphatic heterocycles. The van der Waals surface area contributed by atoms with Crippen LogP contribution in [0.5, 0.6) is 0 Å². The van der Waals surface area contributed by atoms with E-state index in [1.165, 1.54) is 0 Å². The molecule has 1 aromatic heterocycles. The Bertz CT molecular complexity index is 399. The third-order valence-electron chi connectivity index (χ3n) is 2.96. The maximum atomic E-state index is 11.7. The number of carbonyl (C=O) groups excluding carboxylic acids is 1. The standard InChI is InChI=1S/C14H18O4/c1-11(6-7-12-4-2-8-16-12)14(15)18-10-13-5-3-9-17-13/h3,5-6,9,12H,2,4,7-8,10H2,1H3. The minimum absolute atomic E-state index is 0.178. The Kier molecular flexibility index (Phi) is 4.59. The van der Waals surface area contributed by atoms with E-state index in [-0.39, 0.29) is 18.7 Å². The molecule has 0 aliphatic carbocycles. The van der Waals surface area contributed by atoms with Gasteiger partial charge in [-0.3, -0.25) is 0 Å². The molecule has 18 heavy (non-hydrogen) atoms. The van der Waals surface area contributed by atoms with Crippen molar-refractivity contribution in [2.75, 3.05) is 6.61 Å². The topological polar surface area (TPSA) is 48.7 Å². The van der Waals surface area contributed by atoms with Gasteiger partial charge in [-0.25, -0.2) is 4.79 Å². The number of hydrogen-bond donors (Lipinski definition) is 0. The van der Waals surface area contributed by atoms with E-state index < -0.39 is 0 Å². The molecular weight excluding hydrogens is 232 g/mol. The van der Waals surface area contributed by atoms with Crippen molar-refractivity contribution in [1.82, 2.24) is 0 Å². The second-order valence-electron chi connectivity index (χ2n) is 4.41. The quantitative estimate of drug-likeness (QED) is 0.595. The SMILES string of the molecule is CC(=CCC1CCCO1)C(=O)OCc1ccco1. The van der Waals surface area contributed by atoms with E-state index in [1.54, 1.807) is 25.3 Å². The van der Waals surface area contributed by atoms with Crippen LogP contribution in [0.3, 0.4) is 0 Å². The molecule has 98 valence electrons. The molecule has 2 rings (SSSR count). The van der Waals surface area contributed by atoms with Crippen LogP contribution in [-0.4, -0.2) is 18.7 Å². The monoisotopic (exact) mass is 250 g/mol. The Labute approximate surface area is 107 Å². The molecule has 1 saturated heterocycles. The molecule has 1 atom stereocenters. The molecule has 4 heteroatoms. The predicted molar refractivity (Wildman–Crippen MR) is 65.9 cm³/mol. The average molecular weight is 250 g/mol. The highest BCUT2D eigenvalue weighted by Gasteiger charge is 2.15. The fourth-order valence-corrected chi connectivity index (χ4v) is 1.87. The Morgan fingerprint density at radius 1 is 1.61 bits per heavy atom. The van der Waals surface area contributed by atoms with Crippen LogP contribution in [-0.2, 0) is 20.9 Å². The summed E-state index contributed by atoms with van der Waals surface area (Å²) in [5.74, 6) is 0.347. The molecule has 1 aromatic rings. The normalized spacial score (nSPS) is 20.1. The van der Waals surface area contributed by atoms with Crippen LogP contribution >= 0.6 is 0 Å². The molecule has 0 saturated carbocycles. The fourth-order valence-electron chi connectivity index (χ4n) is 1.87.